The highest BCUT2D eigenvalue weighted by Gasteiger charge is 2.24. The van der Waals surface area contributed by atoms with E-state index < -0.39 is 0 Å². The van der Waals surface area contributed by atoms with Gasteiger partial charge >= 0.3 is 0 Å². The summed E-state index contributed by atoms with van der Waals surface area (Å²) < 4.78 is 5.36. The van der Waals surface area contributed by atoms with Crippen LogP contribution in [0.5, 0.6) is 0 Å². The summed E-state index contributed by atoms with van der Waals surface area (Å²) in [4.78, 5) is 13.1. The molecular weight excluding hydrogens is 274 g/mol. The summed E-state index contributed by atoms with van der Waals surface area (Å²) in [5.74, 6) is 0. The van der Waals surface area contributed by atoms with E-state index in [1.165, 1.54) is 11.1 Å². The largest absolute Gasteiger partial charge is 0.379 e. The van der Waals surface area contributed by atoms with Crippen LogP contribution in [0.3, 0.4) is 0 Å². The molecule has 0 aromatic heterocycles. The average Bonchev–Trinajstić information content (AvgIpc) is 2.98. The molecule has 2 atom stereocenters. The van der Waals surface area contributed by atoms with Gasteiger partial charge in [-0.2, -0.15) is 0 Å². The maximum absolute atomic E-state index is 10.7. The maximum Gasteiger partial charge on any atom is 0.148 e. The number of ether oxygens (including phenoxy) is 1. The normalized spacial score (nSPS) is 27.6. The maximum atomic E-state index is 10.7. The van der Waals surface area contributed by atoms with Gasteiger partial charge in [-0.25, -0.2) is 10.9 Å². The Kier molecular flexibility index (Phi) is 4.69. The van der Waals surface area contributed by atoms with Gasteiger partial charge in [0.15, 0.2) is 0 Å². The van der Waals surface area contributed by atoms with Gasteiger partial charge in [0.25, 0.3) is 0 Å². The highest BCUT2D eigenvalue weighted by molar-refractivity contribution is 8.00. The lowest BCUT2D eigenvalue weighted by molar-refractivity contribution is -0.107. The number of carbonyl (C=O) groups is 1. The van der Waals surface area contributed by atoms with Crippen molar-refractivity contribution in [1.29, 1.82) is 0 Å². The van der Waals surface area contributed by atoms with Crippen molar-refractivity contribution in [3.05, 3.63) is 35.4 Å². The molecule has 0 bridgehead atoms. The first-order valence-electron chi connectivity index (χ1n) is 6.86. The highest BCUT2D eigenvalue weighted by atomic mass is 32.2. The fourth-order valence-corrected chi connectivity index (χ4v) is 3.36. The Balaban J connectivity index is 1.58. The van der Waals surface area contributed by atoms with Crippen LogP contribution in [0, 0.1) is 0 Å². The number of aldehydes is 1. The SMILES string of the molecule is O=CC1NNC(c2ccc(CN3CCOCC3)cc2)S1. The van der Waals surface area contributed by atoms with Crippen LogP contribution >= 0.6 is 11.8 Å². The summed E-state index contributed by atoms with van der Waals surface area (Å²) in [7, 11) is 0. The number of benzene rings is 1. The number of hydrogen-bond donors (Lipinski definition) is 2. The van der Waals surface area contributed by atoms with Gasteiger partial charge in [0, 0.05) is 19.6 Å². The molecule has 0 saturated carbocycles. The summed E-state index contributed by atoms with van der Waals surface area (Å²) in [6.07, 6.45) is 0.921. The summed E-state index contributed by atoms with van der Waals surface area (Å²) in [5.41, 5.74) is 8.60. The van der Waals surface area contributed by atoms with Gasteiger partial charge in [0.1, 0.15) is 11.7 Å². The van der Waals surface area contributed by atoms with Crippen LogP contribution in [0.15, 0.2) is 24.3 Å². The number of nitrogens with zero attached hydrogens (tertiary/aromatic N) is 1. The van der Waals surface area contributed by atoms with Crippen molar-refractivity contribution in [1.82, 2.24) is 15.8 Å². The van der Waals surface area contributed by atoms with Gasteiger partial charge in [-0.3, -0.25) is 4.90 Å². The fourth-order valence-electron chi connectivity index (χ4n) is 2.42. The van der Waals surface area contributed by atoms with Crippen LogP contribution in [0.25, 0.3) is 0 Å². The van der Waals surface area contributed by atoms with Crippen molar-refractivity contribution in [3.63, 3.8) is 0 Å². The Morgan fingerprint density at radius 2 is 2.00 bits per heavy atom. The van der Waals surface area contributed by atoms with Crippen LogP contribution in [-0.4, -0.2) is 42.9 Å². The molecule has 2 N–H and O–H groups in total. The zero-order chi connectivity index (χ0) is 13.8. The zero-order valence-corrected chi connectivity index (χ0v) is 12.1. The van der Waals surface area contributed by atoms with Crippen molar-refractivity contribution < 1.29 is 9.53 Å². The number of hydrogen-bond acceptors (Lipinski definition) is 6. The Morgan fingerprint density at radius 1 is 1.25 bits per heavy atom. The third-order valence-electron chi connectivity index (χ3n) is 3.56. The van der Waals surface area contributed by atoms with Crippen LogP contribution < -0.4 is 10.9 Å². The first-order chi connectivity index (χ1) is 9.85. The van der Waals surface area contributed by atoms with Gasteiger partial charge in [-0.05, 0) is 11.1 Å². The Labute approximate surface area is 123 Å². The van der Waals surface area contributed by atoms with Gasteiger partial charge < -0.3 is 9.53 Å². The molecule has 2 unspecified atom stereocenters. The minimum Gasteiger partial charge on any atom is -0.379 e. The third kappa shape index (κ3) is 3.39. The van der Waals surface area contributed by atoms with E-state index >= 15 is 0 Å². The zero-order valence-electron chi connectivity index (χ0n) is 11.2. The number of thioether (sulfide) groups is 1. The molecule has 5 nitrogen and oxygen atoms in total. The van der Waals surface area contributed by atoms with Crippen LogP contribution in [0.4, 0.5) is 0 Å². The molecule has 2 fully saturated rings. The van der Waals surface area contributed by atoms with Gasteiger partial charge in [0.2, 0.25) is 0 Å². The molecule has 0 aliphatic carbocycles. The van der Waals surface area contributed by atoms with Gasteiger partial charge in [-0.1, -0.05) is 24.3 Å². The van der Waals surface area contributed by atoms with Crippen LogP contribution in [0.2, 0.25) is 0 Å². The van der Waals surface area contributed by atoms with Crippen molar-refractivity contribution in [3.8, 4) is 0 Å². The lowest BCUT2D eigenvalue weighted by atomic mass is 10.1. The van der Waals surface area contributed by atoms with E-state index in [0.29, 0.717) is 0 Å². The number of carbonyl (C=O) groups excluding carboxylic acids is 1. The lowest BCUT2D eigenvalue weighted by Crippen LogP contribution is -2.35. The first-order valence-corrected chi connectivity index (χ1v) is 7.80. The molecular formula is C14H19N3O2S. The highest BCUT2D eigenvalue weighted by Crippen LogP contribution is 2.31. The summed E-state index contributed by atoms with van der Waals surface area (Å²) in [6, 6.07) is 8.60. The molecule has 2 heterocycles. The van der Waals surface area contributed by atoms with Gasteiger partial charge in [-0.15, -0.1) is 11.8 Å². The predicted octanol–water partition coefficient (Wildman–Crippen LogP) is 0.883. The quantitative estimate of drug-likeness (QED) is 0.804. The van der Waals surface area contributed by atoms with Crippen molar-refractivity contribution in [2.75, 3.05) is 26.3 Å². The standard InChI is InChI=1S/C14H19N3O2S/c18-10-13-15-16-14(20-13)12-3-1-11(2-4-12)9-17-5-7-19-8-6-17/h1-4,10,13-16H,5-9H2. The second kappa shape index (κ2) is 6.69. The van der Waals surface area contributed by atoms with Gasteiger partial charge in [0.05, 0.1) is 18.6 Å². The van der Waals surface area contributed by atoms with E-state index in [4.69, 9.17) is 4.74 Å². The second-order valence-electron chi connectivity index (χ2n) is 4.99. The Morgan fingerprint density at radius 3 is 2.65 bits per heavy atom. The Bertz CT molecular complexity index is 448. The van der Waals surface area contributed by atoms with E-state index in [0.717, 1.165) is 39.1 Å². The van der Waals surface area contributed by atoms with E-state index in [9.17, 15) is 4.79 Å². The predicted molar refractivity (Wildman–Crippen MR) is 79.0 cm³/mol. The molecule has 6 heteroatoms. The van der Waals surface area contributed by atoms with Crippen molar-refractivity contribution in [2.45, 2.75) is 17.3 Å². The molecule has 2 aliphatic heterocycles. The summed E-state index contributed by atoms with van der Waals surface area (Å²) in [6.45, 7) is 4.66. The number of morpholine rings is 1. The topological polar surface area (TPSA) is 53.6 Å². The number of rotatable bonds is 4. The molecule has 108 valence electrons. The molecule has 20 heavy (non-hydrogen) atoms. The van der Waals surface area contributed by atoms with Crippen molar-refractivity contribution in [2.24, 2.45) is 0 Å². The average molecular weight is 293 g/mol. The van der Waals surface area contributed by atoms with E-state index in [1.54, 1.807) is 11.8 Å². The monoisotopic (exact) mass is 293 g/mol. The van der Waals surface area contributed by atoms with E-state index in [1.807, 2.05) is 0 Å². The molecule has 2 aliphatic rings. The molecule has 3 rings (SSSR count). The van der Waals surface area contributed by atoms with E-state index in [2.05, 4.69) is 40.0 Å². The number of hydrazine groups is 1. The minimum absolute atomic E-state index is 0.141. The lowest BCUT2D eigenvalue weighted by Gasteiger charge is -2.26. The molecule has 0 radical (unpaired) electrons. The fraction of sp³-hybridized carbons (Fsp3) is 0.500. The molecule has 1 aromatic rings. The molecule has 2 saturated heterocycles. The van der Waals surface area contributed by atoms with Crippen molar-refractivity contribution >= 4 is 18.0 Å². The summed E-state index contributed by atoms with van der Waals surface area (Å²) in [5, 5.41) is -0.0179. The second-order valence-corrected chi connectivity index (χ2v) is 6.24. The smallest absolute Gasteiger partial charge is 0.148 e. The first kappa shape index (κ1) is 14.0. The molecule has 1 aromatic carbocycles. The summed E-state index contributed by atoms with van der Waals surface area (Å²) >= 11 is 1.59. The number of nitrogens with one attached hydrogen (secondary N) is 2. The van der Waals surface area contributed by atoms with E-state index in [-0.39, 0.29) is 10.7 Å². The Hall–Kier alpha value is -0.920. The molecule has 0 spiro atoms. The third-order valence-corrected chi connectivity index (χ3v) is 4.74. The molecule has 0 amide bonds. The minimum atomic E-state index is -0.159. The van der Waals surface area contributed by atoms with Crippen LogP contribution in [0.1, 0.15) is 16.5 Å². The van der Waals surface area contributed by atoms with Crippen LogP contribution in [-0.2, 0) is 16.1 Å².